The van der Waals surface area contributed by atoms with E-state index in [4.69, 9.17) is 5.73 Å². The number of aryl methyl sites for hydroxylation is 1. The van der Waals surface area contributed by atoms with Gasteiger partial charge in [-0.3, -0.25) is 4.90 Å². The van der Waals surface area contributed by atoms with Crippen LogP contribution in [0.25, 0.3) is 0 Å². The SMILES string of the molecule is CCN(Cc1ccc(C)cc1)C(CC)(CC)CN. The van der Waals surface area contributed by atoms with Crippen LogP contribution in [0.1, 0.15) is 44.7 Å². The lowest BCUT2D eigenvalue weighted by atomic mass is 9.90. The highest BCUT2D eigenvalue weighted by Crippen LogP contribution is 2.24. The lowest BCUT2D eigenvalue weighted by molar-refractivity contribution is 0.0828. The van der Waals surface area contributed by atoms with Crippen molar-refractivity contribution < 1.29 is 0 Å². The zero-order chi connectivity index (χ0) is 13.6. The Morgan fingerprint density at radius 3 is 2.00 bits per heavy atom. The molecule has 2 N–H and O–H groups in total. The van der Waals surface area contributed by atoms with Crippen molar-refractivity contribution in [3.63, 3.8) is 0 Å². The van der Waals surface area contributed by atoms with Crippen LogP contribution < -0.4 is 5.73 Å². The van der Waals surface area contributed by atoms with E-state index in [9.17, 15) is 0 Å². The van der Waals surface area contributed by atoms with Gasteiger partial charge in [0.25, 0.3) is 0 Å². The van der Waals surface area contributed by atoms with Gasteiger partial charge in [-0.05, 0) is 31.9 Å². The molecule has 0 atom stereocenters. The van der Waals surface area contributed by atoms with Crippen molar-refractivity contribution in [1.82, 2.24) is 4.90 Å². The molecule has 0 bridgehead atoms. The summed E-state index contributed by atoms with van der Waals surface area (Å²) in [4.78, 5) is 2.53. The third kappa shape index (κ3) is 3.33. The monoisotopic (exact) mass is 248 g/mol. The van der Waals surface area contributed by atoms with Crippen molar-refractivity contribution in [3.05, 3.63) is 35.4 Å². The van der Waals surface area contributed by atoms with Gasteiger partial charge in [-0.15, -0.1) is 0 Å². The lowest BCUT2D eigenvalue weighted by Crippen LogP contribution is -2.52. The fraction of sp³-hybridized carbons (Fsp3) is 0.625. The molecule has 1 rings (SSSR count). The maximum absolute atomic E-state index is 6.04. The maximum Gasteiger partial charge on any atom is 0.0329 e. The largest absolute Gasteiger partial charge is 0.329 e. The first-order valence-corrected chi connectivity index (χ1v) is 7.12. The predicted octanol–water partition coefficient (Wildman–Crippen LogP) is 3.33. The van der Waals surface area contributed by atoms with Crippen molar-refractivity contribution >= 4 is 0 Å². The van der Waals surface area contributed by atoms with E-state index in [-0.39, 0.29) is 5.54 Å². The third-order valence-electron chi connectivity index (χ3n) is 4.24. The fourth-order valence-corrected chi connectivity index (χ4v) is 2.64. The number of nitrogens with zero attached hydrogens (tertiary/aromatic N) is 1. The van der Waals surface area contributed by atoms with Crippen LogP contribution >= 0.6 is 0 Å². The van der Waals surface area contributed by atoms with E-state index in [1.807, 2.05) is 0 Å². The van der Waals surface area contributed by atoms with Crippen molar-refractivity contribution in [2.24, 2.45) is 5.73 Å². The van der Waals surface area contributed by atoms with Crippen LogP contribution in [0, 0.1) is 6.92 Å². The normalized spacial score (nSPS) is 12.1. The van der Waals surface area contributed by atoms with Gasteiger partial charge in [-0.1, -0.05) is 50.6 Å². The second-order valence-electron chi connectivity index (χ2n) is 5.14. The molecule has 2 nitrogen and oxygen atoms in total. The highest BCUT2D eigenvalue weighted by atomic mass is 15.2. The van der Waals surface area contributed by atoms with Gasteiger partial charge in [-0.2, -0.15) is 0 Å². The number of hydrogen-bond acceptors (Lipinski definition) is 2. The van der Waals surface area contributed by atoms with Gasteiger partial charge in [0, 0.05) is 18.6 Å². The van der Waals surface area contributed by atoms with Crippen LogP contribution in [0.15, 0.2) is 24.3 Å². The summed E-state index contributed by atoms with van der Waals surface area (Å²) in [7, 11) is 0. The van der Waals surface area contributed by atoms with E-state index < -0.39 is 0 Å². The van der Waals surface area contributed by atoms with Crippen LogP contribution in [-0.4, -0.2) is 23.5 Å². The Morgan fingerprint density at radius 2 is 1.61 bits per heavy atom. The summed E-state index contributed by atoms with van der Waals surface area (Å²) in [5, 5.41) is 0. The van der Waals surface area contributed by atoms with Gasteiger partial charge in [0.1, 0.15) is 0 Å². The number of likely N-dealkylation sites (N-methyl/N-ethyl adjacent to an activating group) is 1. The fourth-order valence-electron chi connectivity index (χ4n) is 2.64. The number of rotatable bonds is 7. The number of benzene rings is 1. The van der Waals surface area contributed by atoms with Crippen molar-refractivity contribution in [2.45, 2.75) is 52.6 Å². The molecule has 0 saturated carbocycles. The molecule has 0 aliphatic rings. The Balaban J connectivity index is 2.86. The Hall–Kier alpha value is -0.860. The quantitative estimate of drug-likeness (QED) is 0.802. The molecule has 0 aliphatic heterocycles. The second kappa shape index (κ2) is 6.91. The van der Waals surface area contributed by atoms with Crippen LogP contribution in [0.3, 0.4) is 0 Å². The zero-order valence-corrected chi connectivity index (χ0v) is 12.4. The van der Waals surface area contributed by atoms with Crippen LogP contribution in [-0.2, 0) is 6.54 Å². The molecule has 0 fully saturated rings. The number of nitrogens with two attached hydrogens (primary N) is 1. The summed E-state index contributed by atoms with van der Waals surface area (Å²) in [5.74, 6) is 0. The molecule has 2 heteroatoms. The van der Waals surface area contributed by atoms with Crippen LogP contribution in [0.4, 0.5) is 0 Å². The first-order valence-electron chi connectivity index (χ1n) is 7.12. The Kier molecular flexibility index (Phi) is 5.83. The molecule has 18 heavy (non-hydrogen) atoms. The van der Waals surface area contributed by atoms with E-state index in [0.29, 0.717) is 0 Å². The number of hydrogen-bond donors (Lipinski definition) is 1. The molecule has 1 aromatic carbocycles. The minimum Gasteiger partial charge on any atom is -0.329 e. The van der Waals surface area contributed by atoms with E-state index in [0.717, 1.165) is 32.5 Å². The molecule has 0 spiro atoms. The molecule has 0 unspecified atom stereocenters. The van der Waals surface area contributed by atoms with Gasteiger partial charge in [-0.25, -0.2) is 0 Å². The standard InChI is InChI=1S/C16H28N2/c1-5-16(6-2,13-17)18(7-3)12-15-10-8-14(4)9-11-15/h8-11H,5-7,12-13,17H2,1-4H3. The van der Waals surface area contributed by atoms with Crippen molar-refractivity contribution in [3.8, 4) is 0 Å². The summed E-state index contributed by atoms with van der Waals surface area (Å²) in [6.45, 7) is 11.6. The Labute approximate surface area is 112 Å². The molecule has 0 aliphatic carbocycles. The molecule has 0 heterocycles. The minimum atomic E-state index is 0.152. The lowest BCUT2D eigenvalue weighted by Gasteiger charge is -2.42. The average molecular weight is 248 g/mol. The van der Waals surface area contributed by atoms with E-state index >= 15 is 0 Å². The summed E-state index contributed by atoms with van der Waals surface area (Å²) < 4.78 is 0. The van der Waals surface area contributed by atoms with Crippen LogP contribution in [0.2, 0.25) is 0 Å². The van der Waals surface area contributed by atoms with E-state index in [1.165, 1.54) is 11.1 Å². The molecule has 1 aromatic rings. The highest BCUT2D eigenvalue weighted by Gasteiger charge is 2.30. The van der Waals surface area contributed by atoms with Gasteiger partial charge < -0.3 is 5.73 Å². The molecule has 0 saturated heterocycles. The molecule has 0 radical (unpaired) electrons. The van der Waals surface area contributed by atoms with Gasteiger partial charge in [0.15, 0.2) is 0 Å². The van der Waals surface area contributed by atoms with E-state index in [1.54, 1.807) is 0 Å². The first kappa shape index (κ1) is 15.2. The second-order valence-corrected chi connectivity index (χ2v) is 5.14. The van der Waals surface area contributed by atoms with Gasteiger partial charge in [0.2, 0.25) is 0 Å². The Morgan fingerprint density at radius 1 is 1.06 bits per heavy atom. The average Bonchev–Trinajstić information content (AvgIpc) is 2.42. The zero-order valence-electron chi connectivity index (χ0n) is 12.4. The summed E-state index contributed by atoms with van der Waals surface area (Å²) in [6.07, 6.45) is 2.22. The predicted molar refractivity (Wildman–Crippen MR) is 79.6 cm³/mol. The smallest absolute Gasteiger partial charge is 0.0329 e. The minimum absolute atomic E-state index is 0.152. The summed E-state index contributed by atoms with van der Waals surface area (Å²) in [5.41, 5.74) is 8.89. The maximum atomic E-state index is 6.04. The molecule has 0 aromatic heterocycles. The van der Waals surface area contributed by atoms with Gasteiger partial charge >= 0.3 is 0 Å². The topological polar surface area (TPSA) is 29.3 Å². The van der Waals surface area contributed by atoms with Crippen molar-refractivity contribution in [1.29, 1.82) is 0 Å². The molecular weight excluding hydrogens is 220 g/mol. The van der Waals surface area contributed by atoms with Crippen LogP contribution in [0.5, 0.6) is 0 Å². The third-order valence-corrected chi connectivity index (χ3v) is 4.24. The summed E-state index contributed by atoms with van der Waals surface area (Å²) in [6, 6.07) is 8.82. The molecular formula is C16H28N2. The first-order chi connectivity index (χ1) is 8.61. The molecule has 102 valence electrons. The highest BCUT2D eigenvalue weighted by molar-refractivity contribution is 5.21. The van der Waals surface area contributed by atoms with Crippen molar-refractivity contribution in [2.75, 3.05) is 13.1 Å². The summed E-state index contributed by atoms with van der Waals surface area (Å²) >= 11 is 0. The van der Waals surface area contributed by atoms with E-state index in [2.05, 4.69) is 56.9 Å². The molecule has 0 amide bonds. The Bertz CT molecular complexity index is 330. The van der Waals surface area contributed by atoms with Gasteiger partial charge in [0.05, 0.1) is 0 Å².